The summed E-state index contributed by atoms with van der Waals surface area (Å²) in [6, 6.07) is 1.87. The van der Waals surface area contributed by atoms with Gasteiger partial charge in [0.25, 0.3) is 0 Å². The fraction of sp³-hybridized carbons (Fsp3) is 0.667. The number of nitrogens with zero attached hydrogens (tertiary/aromatic N) is 5. The molecular weight excluding hydrogens is 282 g/mol. The van der Waals surface area contributed by atoms with Gasteiger partial charge in [-0.3, -0.25) is 9.69 Å². The summed E-state index contributed by atoms with van der Waals surface area (Å²) in [7, 11) is 1.61. The minimum atomic E-state index is 0.312. The molecular formula is C15H23N5O2. The van der Waals surface area contributed by atoms with Crippen molar-refractivity contribution in [3.63, 3.8) is 0 Å². The van der Waals surface area contributed by atoms with Crippen molar-refractivity contribution in [2.45, 2.75) is 12.8 Å². The molecule has 0 unspecified atom stereocenters. The number of methoxy groups -OCH3 is 1. The molecule has 0 aliphatic carbocycles. The minimum absolute atomic E-state index is 0.312. The largest absolute Gasteiger partial charge is 0.481 e. The van der Waals surface area contributed by atoms with Crippen LogP contribution in [0.25, 0.3) is 0 Å². The predicted octanol–water partition coefficient (Wildman–Crippen LogP) is 0.230. The van der Waals surface area contributed by atoms with Gasteiger partial charge in [0.2, 0.25) is 11.8 Å². The van der Waals surface area contributed by atoms with Crippen molar-refractivity contribution in [2.75, 3.05) is 57.8 Å². The average Bonchev–Trinajstić information content (AvgIpc) is 2.98. The molecule has 1 amide bonds. The van der Waals surface area contributed by atoms with E-state index in [4.69, 9.17) is 4.74 Å². The fourth-order valence-electron chi connectivity index (χ4n) is 3.02. The van der Waals surface area contributed by atoms with Gasteiger partial charge in [0.05, 0.1) is 7.11 Å². The van der Waals surface area contributed by atoms with Gasteiger partial charge in [0.15, 0.2) is 0 Å². The van der Waals surface area contributed by atoms with Crippen molar-refractivity contribution in [1.29, 1.82) is 0 Å². The lowest BCUT2D eigenvalue weighted by atomic mass is 10.3. The first-order valence-corrected chi connectivity index (χ1v) is 7.87. The predicted molar refractivity (Wildman–Crippen MR) is 83.1 cm³/mol. The molecule has 7 heteroatoms. The van der Waals surface area contributed by atoms with Gasteiger partial charge in [-0.2, -0.15) is 0 Å². The molecule has 0 radical (unpaired) electrons. The number of carbonyl (C=O) groups is 1. The third-order valence-electron chi connectivity index (χ3n) is 4.39. The number of amides is 1. The first-order valence-electron chi connectivity index (χ1n) is 7.87. The Bertz CT molecular complexity index is 516. The second-order valence-electron chi connectivity index (χ2n) is 5.73. The van der Waals surface area contributed by atoms with Gasteiger partial charge in [0, 0.05) is 58.3 Å². The monoisotopic (exact) mass is 305 g/mol. The van der Waals surface area contributed by atoms with Crippen molar-refractivity contribution in [3.05, 3.63) is 12.4 Å². The number of hydrogen-bond acceptors (Lipinski definition) is 6. The molecule has 2 aliphatic heterocycles. The summed E-state index contributed by atoms with van der Waals surface area (Å²) in [5, 5.41) is 0. The minimum Gasteiger partial charge on any atom is -0.481 e. The van der Waals surface area contributed by atoms with E-state index in [0.29, 0.717) is 11.8 Å². The van der Waals surface area contributed by atoms with Crippen LogP contribution in [0.4, 0.5) is 5.82 Å². The van der Waals surface area contributed by atoms with Gasteiger partial charge in [-0.25, -0.2) is 9.97 Å². The number of hydrogen-bond donors (Lipinski definition) is 0. The number of rotatable bonds is 5. The number of piperazine rings is 1. The molecule has 0 saturated carbocycles. The van der Waals surface area contributed by atoms with Crippen molar-refractivity contribution in [1.82, 2.24) is 19.8 Å². The molecule has 0 spiro atoms. The quantitative estimate of drug-likeness (QED) is 0.776. The molecule has 3 heterocycles. The molecule has 0 aromatic carbocycles. The van der Waals surface area contributed by atoms with Crippen molar-refractivity contribution in [2.24, 2.45) is 0 Å². The number of ether oxygens (including phenoxy) is 1. The third-order valence-corrected chi connectivity index (χ3v) is 4.39. The van der Waals surface area contributed by atoms with E-state index in [1.165, 1.54) is 0 Å². The lowest BCUT2D eigenvalue weighted by Crippen LogP contribution is -2.48. The van der Waals surface area contributed by atoms with E-state index in [2.05, 4.69) is 19.8 Å². The van der Waals surface area contributed by atoms with Crippen LogP contribution in [0.2, 0.25) is 0 Å². The molecule has 3 rings (SSSR count). The van der Waals surface area contributed by atoms with Crippen LogP contribution in [0, 0.1) is 0 Å². The van der Waals surface area contributed by atoms with Gasteiger partial charge in [-0.1, -0.05) is 0 Å². The summed E-state index contributed by atoms with van der Waals surface area (Å²) in [5.41, 5.74) is 0. The van der Waals surface area contributed by atoms with E-state index in [1.54, 1.807) is 13.4 Å². The molecule has 22 heavy (non-hydrogen) atoms. The van der Waals surface area contributed by atoms with Crippen LogP contribution in [0.15, 0.2) is 12.4 Å². The maximum absolute atomic E-state index is 11.6. The summed E-state index contributed by atoms with van der Waals surface area (Å²) in [6.07, 6.45) is 3.28. The fourth-order valence-corrected chi connectivity index (χ4v) is 3.02. The summed E-state index contributed by atoms with van der Waals surface area (Å²) in [4.78, 5) is 26.6. The van der Waals surface area contributed by atoms with E-state index in [9.17, 15) is 4.79 Å². The maximum Gasteiger partial charge on any atom is 0.222 e. The van der Waals surface area contributed by atoms with Crippen LogP contribution in [0.3, 0.4) is 0 Å². The molecule has 2 fully saturated rings. The van der Waals surface area contributed by atoms with Crippen LogP contribution in [-0.2, 0) is 4.79 Å². The van der Waals surface area contributed by atoms with Crippen molar-refractivity contribution >= 4 is 11.7 Å². The molecule has 7 nitrogen and oxygen atoms in total. The molecule has 0 bridgehead atoms. The van der Waals surface area contributed by atoms with E-state index < -0.39 is 0 Å². The van der Waals surface area contributed by atoms with E-state index in [1.807, 2.05) is 11.0 Å². The van der Waals surface area contributed by atoms with Gasteiger partial charge >= 0.3 is 0 Å². The first-order chi connectivity index (χ1) is 10.8. The normalized spacial score (nSPS) is 19.8. The van der Waals surface area contributed by atoms with Crippen LogP contribution in [-0.4, -0.2) is 78.6 Å². The Hall–Kier alpha value is -1.89. The molecule has 0 atom stereocenters. The smallest absolute Gasteiger partial charge is 0.222 e. The topological polar surface area (TPSA) is 61.8 Å². The molecule has 1 aromatic rings. The number of aromatic nitrogens is 2. The van der Waals surface area contributed by atoms with Crippen LogP contribution in [0.1, 0.15) is 12.8 Å². The van der Waals surface area contributed by atoms with Crippen LogP contribution < -0.4 is 9.64 Å². The standard InChI is InChI=1S/C15H23N5O2/c1-22-14-11-13(16-12-17-14)19-8-5-18(6-9-19)7-10-20-4-2-3-15(20)21/h11-12H,2-10H2,1H3. The van der Waals surface area contributed by atoms with E-state index in [-0.39, 0.29) is 0 Å². The van der Waals surface area contributed by atoms with Gasteiger partial charge in [-0.05, 0) is 6.42 Å². The van der Waals surface area contributed by atoms with Gasteiger partial charge in [0.1, 0.15) is 12.1 Å². The lowest BCUT2D eigenvalue weighted by molar-refractivity contribution is -0.127. The van der Waals surface area contributed by atoms with Crippen LogP contribution >= 0.6 is 0 Å². The highest BCUT2D eigenvalue weighted by Gasteiger charge is 2.22. The number of carbonyl (C=O) groups excluding carboxylic acids is 1. The lowest BCUT2D eigenvalue weighted by Gasteiger charge is -2.36. The Labute approximate surface area is 130 Å². The number of anilines is 1. The summed E-state index contributed by atoms with van der Waals surface area (Å²) in [6.45, 7) is 6.62. The Morgan fingerprint density at radius 1 is 1.14 bits per heavy atom. The Balaban J connectivity index is 1.46. The zero-order valence-electron chi connectivity index (χ0n) is 13.1. The van der Waals surface area contributed by atoms with Gasteiger partial charge in [-0.15, -0.1) is 0 Å². The van der Waals surface area contributed by atoms with E-state index in [0.717, 1.165) is 64.5 Å². The Kier molecular flexibility index (Phi) is 4.72. The molecule has 0 N–H and O–H groups in total. The average molecular weight is 305 g/mol. The second-order valence-corrected chi connectivity index (χ2v) is 5.73. The van der Waals surface area contributed by atoms with Crippen molar-refractivity contribution in [3.8, 4) is 5.88 Å². The maximum atomic E-state index is 11.6. The summed E-state index contributed by atoms with van der Waals surface area (Å²) < 4.78 is 5.15. The molecule has 1 aromatic heterocycles. The van der Waals surface area contributed by atoms with E-state index >= 15 is 0 Å². The van der Waals surface area contributed by atoms with Crippen LogP contribution in [0.5, 0.6) is 5.88 Å². The Morgan fingerprint density at radius 2 is 1.95 bits per heavy atom. The molecule has 120 valence electrons. The zero-order chi connectivity index (χ0) is 15.4. The summed E-state index contributed by atoms with van der Waals surface area (Å²) in [5.74, 6) is 1.83. The van der Waals surface area contributed by atoms with Crippen molar-refractivity contribution < 1.29 is 9.53 Å². The second kappa shape index (κ2) is 6.91. The highest BCUT2D eigenvalue weighted by atomic mass is 16.5. The third kappa shape index (κ3) is 3.47. The van der Waals surface area contributed by atoms with Gasteiger partial charge < -0.3 is 14.5 Å². The molecule has 2 saturated heterocycles. The highest BCUT2D eigenvalue weighted by Crippen LogP contribution is 2.17. The zero-order valence-corrected chi connectivity index (χ0v) is 13.1. The number of likely N-dealkylation sites (tertiary alicyclic amines) is 1. The molecule has 2 aliphatic rings. The Morgan fingerprint density at radius 3 is 2.64 bits per heavy atom. The SMILES string of the molecule is COc1cc(N2CCN(CCN3CCCC3=O)CC2)ncn1. The first kappa shape index (κ1) is 15.0. The summed E-state index contributed by atoms with van der Waals surface area (Å²) >= 11 is 0. The highest BCUT2D eigenvalue weighted by molar-refractivity contribution is 5.78.